The topological polar surface area (TPSA) is 125 Å². The highest BCUT2D eigenvalue weighted by Gasteiger charge is 2.15. The lowest BCUT2D eigenvalue weighted by atomic mass is 10.2. The van der Waals surface area contributed by atoms with Gasteiger partial charge in [0.2, 0.25) is 11.5 Å². The predicted molar refractivity (Wildman–Crippen MR) is 111 cm³/mol. The number of rotatable bonds is 10. The monoisotopic (exact) mass is 484 g/mol. The first-order valence-electron chi connectivity index (χ1n) is 9.29. The summed E-state index contributed by atoms with van der Waals surface area (Å²) < 4.78 is 29.3. The maximum Gasteiger partial charge on any atom is 0.277 e. The van der Waals surface area contributed by atoms with Gasteiger partial charge in [-0.1, -0.05) is 29.8 Å². The molecule has 172 valence electrons. The lowest BCUT2D eigenvalue weighted by molar-refractivity contribution is -0.0000163. The van der Waals surface area contributed by atoms with E-state index < -0.39 is 5.91 Å². The van der Waals surface area contributed by atoms with Crippen LogP contribution < -0.4 is 38.2 Å². The highest BCUT2D eigenvalue weighted by molar-refractivity contribution is 6.32. The van der Waals surface area contributed by atoms with Crippen LogP contribution in [0, 0.1) is 5.82 Å². The predicted octanol–water partition coefficient (Wildman–Crippen LogP) is -0.444. The molecule has 0 saturated heterocycles. The fraction of sp³-hybridized carbons (Fsp3) is 0.250. The molecule has 1 aromatic heterocycles. The van der Waals surface area contributed by atoms with Gasteiger partial charge in [0.25, 0.3) is 5.91 Å². The van der Waals surface area contributed by atoms with Gasteiger partial charge in [0.15, 0.2) is 11.5 Å². The van der Waals surface area contributed by atoms with Crippen molar-refractivity contribution in [3.8, 4) is 11.5 Å². The molecule has 0 saturated carbocycles. The number of nitrogens with zero attached hydrogens (tertiary/aromatic N) is 2. The first-order chi connectivity index (χ1) is 15.0. The van der Waals surface area contributed by atoms with Crippen molar-refractivity contribution in [2.75, 3.05) is 25.9 Å². The smallest absolute Gasteiger partial charge is 0.277 e. The fourth-order valence-electron chi connectivity index (χ4n) is 2.71. The Morgan fingerprint density at radius 2 is 2.03 bits per heavy atom. The Kier molecular flexibility index (Phi) is 9.51. The summed E-state index contributed by atoms with van der Waals surface area (Å²) in [6, 6.07) is 9.85. The number of amides is 1. The van der Waals surface area contributed by atoms with Crippen molar-refractivity contribution < 1.29 is 35.7 Å². The van der Waals surface area contributed by atoms with Crippen LogP contribution in [0.4, 0.5) is 10.2 Å². The van der Waals surface area contributed by atoms with Gasteiger partial charge in [-0.05, 0) is 34.1 Å². The zero-order chi connectivity index (χ0) is 22.2. The average molecular weight is 485 g/mol. The summed E-state index contributed by atoms with van der Waals surface area (Å²) in [5.74, 6) is -0.121. The molecule has 3 rings (SSSR count). The molecule has 0 spiro atoms. The Balaban J connectivity index is 0.00000363. The Labute approximate surface area is 194 Å². The number of hydrogen-bond donors (Lipinski definition) is 3. The molecule has 0 aliphatic carbocycles. The minimum absolute atomic E-state index is 0. The number of ether oxygens (including phenoxy) is 2. The van der Waals surface area contributed by atoms with E-state index in [4.69, 9.17) is 26.8 Å². The number of hydrogen-bond acceptors (Lipinski definition) is 8. The van der Waals surface area contributed by atoms with Crippen LogP contribution in [0.25, 0.3) is 0 Å². The maximum absolute atomic E-state index is 13.8. The summed E-state index contributed by atoms with van der Waals surface area (Å²) in [6.45, 7) is 1.29. The number of aromatic nitrogens is 2. The van der Waals surface area contributed by atoms with E-state index in [2.05, 4.69) is 25.6 Å². The largest absolute Gasteiger partial charge is 1.00 e. The Bertz CT molecular complexity index is 1050. The molecule has 0 fully saturated rings. The molecule has 9 nitrogen and oxygen atoms in total. The molecule has 3 aromatic rings. The molecular formula is C20H21Cl2FN5O4-. The van der Waals surface area contributed by atoms with E-state index >= 15 is 0 Å². The lowest BCUT2D eigenvalue weighted by Crippen LogP contribution is -3.00. The van der Waals surface area contributed by atoms with Crippen LogP contribution in [0.2, 0.25) is 5.02 Å². The van der Waals surface area contributed by atoms with Gasteiger partial charge in [-0.25, -0.2) is 9.02 Å². The fourth-order valence-corrected chi connectivity index (χ4v) is 3.00. The first-order valence-corrected chi connectivity index (χ1v) is 9.67. The lowest BCUT2D eigenvalue weighted by Gasteiger charge is -2.15. The summed E-state index contributed by atoms with van der Waals surface area (Å²) >= 11 is 6.36. The van der Waals surface area contributed by atoms with Crippen molar-refractivity contribution >= 4 is 23.3 Å². The number of nitrogen functional groups attached to an aromatic ring is 1. The van der Waals surface area contributed by atoms with Crippen LogP contribution in [-0.2, 0) is 13.2 Å². The zero-order valence-corrected chi connectivity index (χ0v) is 18.5. The van der Waals surface area contributed by atoms with Crippen molar-refractivity contribution in [1.29, 1.82) is 0 Å². The number of nitrogens with one attached hydrogen (secondary N) is 2. The number of methoxy groups -OCH3 is 1. The molecular weight excluding hydrogens is 464 g/mol. The van der Waals surface area contributed by atoms with Crippen molar-refractivity contribution in [3.63, 3.8) is 0 Å². The molecule has 0 aliphatic heterocycles. The second kappa shape index (κ2) is 12.1. The highest BCUT2D eigenvalue weighted by atomic mass is 35.5. The summed E-state index contributed by atoms with van der Waals surface area (Å²) in [6.07, 6.45) is 0. The van der Waals surface area contributed by atoms with Crippen LogP contribution in [0.5, 0.6) is 11.5 Å². The van der Waals surface area contributed by atoms with E-state index in [0.29, 0.717) is 41.7 Å². The summed E-state index contributed by atoms with van der Waals surface area (Å²) in [7, 11) is 1.50. The van der Waals surface area contributed by atoms with Crippen molar-refractivity contribution in [2.45, 2.75) is 13.2 Å². The van der Waals surface area contributed by atoms with Gasteiger partial charge in [0.05, 0.1) is 12.1 Å². The van der Waals surface area contributed by atoms with Gasteiger partial charge in [-0.3, -0.25) is 4.79 Å². The average Bonchev–Trinajstić information content (AvgIpc) is 3.19. The second-order valence-corrected chi connectivity index (χ2v) is 6.83. The van der Waals surface area contributed by atoms with Crippen LogP contribution in [0.3, 0.4) is 0 Å². The van der Waals surface area contributed by atoms with Gasteiger partial charge in [0, 0.05) is 25.2 Å². The SMILES string of the molecule is COc1cc(CNCCNC(=O)c2nonc2N)cc(Cl)c1OCc1ccccc1F.[Cl-]. The molecule has 1 amide bonds. The van der Waals surface area contributed by atoms with Gasteiger partial charge in [-0.15, -0.1) is 0 Å². The maximum atomic E-state index is 13.8. The van der Waals surface area contributed by atoms with Gasteiger partial charge in [0.1, 0.15) is 12.4 Å². The minimum atomic E-state index is -0.471. The summed E-state index contributed by atoms with van der Waals surface area (Å²) in [5, 5.41) is 12.9. The van der Waals surface area contributed by atoms with Crippen LogP contribution in [0.1, 0.15) is 21.6 Å². The van der Waals surface area contributed by atoms with E-state index in [-0.39, 0.29) is 36.3 Å². The van der Waals surface area contributed by atoms with E-state index in [0.717, 1.165) is 5.56 Å². The molecule has 0 unspecified atom stereocenters. The second-order valence-electron chi connectivity index (χ2n) is 6.42. The molecule has 2 aromatic carbocycles. The third kappa shape index (κ3) is 6.46. The van der Waals surface area contributed by atoms with Crippen molar-refractivity contribution in [1.82, 2.24) is 20.9 Å². The van der Waals surface area contributed by atoms with E-state index in [1.807, 2.05) is 0 Å². The van der Waals surface area contributed by atoms with Crippen LogP contribution in [0.15, 0.2) is 41.0 Å². The Hall–Kier alpha value is -3.08. The number of halogens is 3. The van der Waals surface area contributed by atoms with Crippen molar-refractivity contribution in [2.24, 2.45) is 0 Å². The highest BCUT2D eigenvalue weighted by Crippen LogP contribution is 2.37. The minimum Gasteiger partial charge on any atom is -1.00 e. The van der Waals surface area contributed by atoms with E-state index in [9.17, 15) is 9.18 Å². The molecule has 1 heterocycles. The number of nitrogens with two attached hydrogens (primary N) is 1. The third-order valence-electron chi connectivity index (χ3n) is 4.26. The Morgan fingerprint density at radius 3 is 2.72 bits per heavy atom. The van der Waals surface area contributed by atoms with Gasteiger partial charge < -0.3 is 38.2 Å². The molecule has 12 heteroatoms. The van der Waals surface area contributed by atoms with Gasteiger partial charge >= 0.3 is 0 Å². The number of anilines is 1. The molecule has 0 radical (unpaired) electrons. The number of benzene rings is 2. The number of carbonyl (C=O) groups is 1. The molecule has 0 bridgehead atoms. The van der Waals surface area contributed by atoms with Crippen LogP contribution >= 0.6 is 11.6 Å². The normalized spacial score (nSPS) is 10.3. The summed E-state index contributed by atoms with van der Waals surface area (Å²) in [5.41, 5.74) is 6.67. The van der Waals surface area contributed by atoms with Crippen molar-refractivity contribution in [3.05, 3.63) is 64.1 Å². The van der Waals surface area contributed by atoms with Gasteiger partial charge in [-0.2, -0.15) is 0 Å². The zero-order valence-electron chi connectivity index (χ0n) is 17.0. The standard InChI is InChI=1S/C20H21ClFN5O4.ClH/c1-29-16-9-12(10-24-6-7-25-20(28)17-19(23)27-31-26-17)8-14(21)18(16)30-11-13-4-2-3-5-15(13)22;/h2-5,8-9,24H,6-7,10-11H2,1H3,(H2,23,27)(H,25,28);1H/p-1. The quantitative estimate of drug-likeness (QED) is 0.330. The molecule has 0 aliphatic rings. The summed E-state index contributed by atoms with van der Waals surface area (Å²) in [4.78, 5) is 11.9. The third-order valence-corrected chi connectivity index (χ3v) is 4.55. The molecule has 0 atom stereocenters. The Morgan fingerprint density at radius 1 is 1.25 bits per heavy atom. The molecule has 4 N–H and O–H groups in total. The van der Waals surface area contributed by atoms with Crippen LogP contribution in [-0.4, -0.2) is 36.4 Å². The first kappa shape index (κ1) is 25.2. The van der Waals surface area contributed by atoms with E-state index in [1.54, 1.807) is 30.3 Å². The molecule has 32 heavy (non-hydrogen) atoms. The number of carbonyl (C=O) groups excluding carboxylic acids is 1. The van der Waals surface area contributed by atoms with E-state index in [1.165, 1.54) is 13.2 Å².